The van der Waals surface area contributed by atoms with Gasteiger partial charge in [-0.15, -0.1) is 0 Å². The normalized spacial score (nSPS) is 10.5. The maximum absolute atomic E-state index is 11.8. The fraction of sp³-hybridized carbons (Fsp3) is 0.364. The van der Waals surface area contributed by atoms with Crippen LogP contribution in [0.2, 0.25) is 5.02 Å². The molecule has 6 heteroatoms. The van der Waals surface area contributed by atoms with Crippen LogP contribution in [0.3, 0.4) is 0 Å². The molecule has 1 aromatic carbocycles. The Morgan fingerprint density at radius 1 is 1.47 bits per heavy atom. The van der Waals surface area contributed by atoms with Gasteiger partial charge in [-0.2, -0.15) is 0 Å². The third kappa shape index (κ3) is 4.04. The Balaban J connectivity index is 2.88. The largest absolute Gasteiger partial charge is 0.488 e. The summed E-state index contributed by atoms with van der Waals surface area (Å²) in [6.07, 6.45) is 0. The zero-order chi connectivity index (χ0) is 13.0. The van der Waals surface area contributed by atoms with Crippen molar-refractivity contribution in [3.05, 3.63) is 28.8 Å². The minimum absolute atomic E-state index is 0.240. The Bertz CT molecular complexity index is 410. The van der Waals surface area contributed by atoms with Gasteiger partial charge in [-0.05, 0) is 23.5 Å². The molecular formula is C11H15BClNO3. The average molecular weight is 256 g/mol. The number of halogens is 1. The maximum atomic E-state index is 11.8. The summed E-state index contributed by atoms with van der Waals surface area (Å²) in [6, 6.07) is 4.31. The van der Waals surface area contributed by atoms with E-state index in [-0.39, 0.29) is 22.0 Å². The van der Waals surface area contributed by atoms with Crippen LogP contribution >= 0.6 is 11.6 Å². The molecule has 0 aliphatic rings. The van der Waals surface area contributed by atoms with Gasteiger partial charge in [-0.1, -0.05) is 31.5 Å². The molecule has 92 valence electrons. The van der Waals surface area contributed by atoms with Crippen LogP contribution in [0.1, 0.15) is 24.2 Å². The van der Waals surface area contributed by atoms with Crippen molar-refractivity contribution in [2.75, 3.05) is 6.54 Å². The number of amides is 1. The highest BCUT2D eigenvalue weighted by Crippen LogP contribution is 2.14. The lowest BCUT2D eigenvalue weighted by Crippen LogP contribution is -2.33. The van der Waals surface area contributed by atoms with Gasteiger partial charge >= 0.3 is 7.12 Å². The molecule has 0 saturated heterocycles. The van der Waals surface area contributed by atoms with E-state index in [4.69, 9.17) is 21.6 Å². The van der Waals surface area contributed by atoms with Crippen molar-refractivity contribution in [1.29, 1.82) is 0 Å². The standard InChI is InChI=1S/C11H15BClNO3/c1-7(2)6-14-11(15)9-5-8(12(16)17)3-4-10(9)13/h3-5,7,16-17H,6H2,1-2H3,(H,14,15). The molecule has 3 N–H and O–H groups in total. The molecule has 0 saturated carbocycles. The molecule has 4 nitrogen and oxygen atoms in total. The molecule has 1 amide bonds. The van der Waals surface area contributed by atoms with Gasteiger partial charge in [-0.25, -0.2) is 0 Å². The second-order valence-electron chi connectivity index (χ2n) is 4.22. The molecule has 0 atom stereocenters. The van der Waals surface area contributed by atoms with Gasteiger partial charge in [0.05, 0.1) is 10.6 Å². The van der Waals surface area contributed by atoms with Crippen LogP contribution in [0.4, 0.5) is 0 Å². The molecule has 0 aromatic heterocycles. The molecule has 0 aliphatic carbocycles. The predicted octanol–water partition coefficient (Wildman–Crippen LogP) is 0.406. The zero-order valence-corrected chi connectivity index (χ0v) is 10.5. The summed E-state index contributed by atoms with van der Waals surface area (Å²) < 4.78 is 0. The summed E-state index contributed by atoms with van der Waals surface area (Å²) >= 11 is 5.89. The van der Waals surface area contributed by atoms with E-state index in [0.717, 1.165) is 0 Å². The average Bonchev–Trinajstić information content (AvgIpc) is 2.26. The lowest BCUT2D eigenvalue weighted by atomic mass is 9.79. The molecule has 0 heterocycles. The molecule has 1 rings (SSSR count). The highest BCUT2D eigenvalue weighted by Gasteiger charge is 2.16. The number of benzene rings is 1. The van der Waals surface area contributed by atoms with Crippen LogP contribution in [-0.4, -0.2) is 29.6 Å². The van der Waals surface area contributed by atoms with Gasteiger partial charge < -0.3 is 15.4 Å². The maximum Gasteiger partial charge on any atom is 0.488 e. The lowest BCUT2D eigenvalue weighted by Gasteiger charge is -2.10. The fourth-order valence-corrected chi connectivity index (χ4v) is 1.47. The Kier molecular flexibility index (Phi) is 4.99. The molecule has 0 spiro atoms. The second kappa shape index (κ2) is 6.05. The fourth-order valence-electron chi connectivity index (χ4n) is 1.27. The number of hydrogen-bond donors (Lipinski definition) is 3. The molecule has 0 fully saturated rings. The SMILES string of the molecule is CC(C)CNC(=O)c1cc(B(O)O)ccc1Cl. The first-order valence-electron chi connectivity index (χ1n) is 5.35. The van der Waals surface area contributed by atoms with Gasteiger partial charge in [0.15, 0.2) is 0 Å². The highest BCUT2D eigenvalue weighted by atomic mass is 35.5. The van der Waals surface area contributed by atoms with Gasteiger partial charge in [-0.3, -0.25) is 4.79 Å². The molecule has 0 bridgehead atoms. The molecule has 1 aromatic rings. The number of rotatable bonds is 4. The molecule has 17 heavy (non-hydrogen) atoms. The van der Waals surface area contributed by atoms with Gasteiger partial charge in [0.25, 0.3) is 5.91 Å². The summed E-state index contributed by atoms with van der Waals surface area (Å²) in [5.41, 5.74) is 0.488. The van der Waals surface area contributed by atoms with Crippen molar-refractivity contribution in [2.24, 2.45) is 5.92 Å². The minimum Gasteiger partial charge on any atom is -0.423 e. The van der Waals surface area contributed by atoms with Crippen molar-refractivity contribution in [3.8, 4) is 0 Å². The number of nitrogens with one attached hydrogen (secondary N) is 1. The third-order valence-electron chi connectivity index (χ3n) is 2.20. The number of carbonyl (C=O) groups excluding carboxylic acids is 1. The Hall–Kier alpha value is -1.04. The summed E-state index contributed by atoms with van der Waals surface area (Å²) in [5.74, 6) is 0.0236. The number of hydrogen-bond acceptors (Lipinski definition) is 3. The monoisotopic (exact) mass is 255 g/mol. The van der Waals surface area contributed by atoms with Crippen LogP contribution in [-0.2, 0) is 0 Å². The first kappa shape index (κ1) is 14.0. The predicted molar refractivity (Wildman–Crippen MR) is 68.4 cm³/mol. The van der Waals surface area contributed by atoms with Crippen LogP contribution in [0, 0.1) is 5.92 Å². The van der Waals surface area contributed by atoms with Crippen LogP contribution < -0.4 is 10.8 Å². The summed E-state index contributed by atoms with van der Waals surface area (Å²) in [5, 5.41) is 21.0. The van der Waals surface area contributed by atoms with Crippen LogP contribution in [0.15, 0.2) is 18.2 Å². The third-order valence-corrected chi connectivity index (χ3v) is 2.53. The van der Waals surface area contributed by atoms with E-state index < -0.39 is 7.12 Å². The van der Waals surface area contributed by atoms with Crippen molar-refractivity contribution in [1.82, 2.24) is 5.32 Å². The van der Waals surface area contributed by atoms with Crippen LogP contribution in [0.5, 0.6) is 0 Å². The zero-order valence-electron chi connectivity index (χ0n) is 9.77. The quantitative estimate of drug-likeness (QED) is 0.683. The Morgan fingerprint density at radius 3 is 2.65 bits per heavy atom. The summed E-state index contributed by atoms with van der Waals surface area (Å²) in [4.78, 5) is 11.8. The Morgan fingerprint density at radius 2 is 2.12 bits per heavy atom. The van der Waals surface area contributed by atoms with Crippen molar-refractivity contribution in [3.63, 3.8) is 0 Å². The summed E-state index contributed by atoms with van der Waals surface area (Å²) in [7, 11) is -1.61. The molecular weight excluding hydrogens is 240 g/mol. The van der Waals surface area contributed by atoms with Gasteiger partial charge in [0, 0.05) is 6.54 Å². The van der Waals surface area contributed by atoms with E-state index >= 15 is 0 Å². The van der Waals surface area contributed by atoms with E-state index in [2.05, 4.69) is 5.32 Å². The van der Waals surface area contributed by atoms with E-state index in [1.165, 1.54) is 18.2 Å². The van der Waals surface area contributed by atoms with Crippen molar-refractivity contribution in [2.45, 2.75) is 13.8 Å². The molecule has 0 aliphatic heterocycles. The van der Waals surface area contributed by atoms with E-state index in [1.807, 2.05) is 13.8 Å². The van der Waals surface area contributed by atoms with Gasteiger partial charge in [0.2, 0.25) is 0 Å². The lowest BCUT2D eigenvalue weighted by molar-refractivity contribution is 0.0949. The second-order valence-corrected chi connectivity index (χ2v) is 4.62. The Labute approximate surface area is 106 Å². The first-order valence-corrected chi connectivity index (χ1v) is 5.73. The molecule has 0 unspecified atom stereocenters. The van der Waals surface area contributed by atoms with Gasteiger partial charge in [0.1, 0.15) is 0 Å². The van der Waals surface area contributed by atoms with Crippen molar-refractivity contribution < 1.29 is 14.8 Å². The van der Waals surface area contributed by atoms with E-state index in [1.54, 1.807) is 0 Å². The van der Waals surface area contributed by atoms with Crippen molar-refractivity contribution >= 4 is 30.1 Å². The van der Waals surface area contributed by atoms with Crippen LogP contribution in [0.25, 0.3) is 0 Å². The molecule has 0 radical (unpaired) electrons. The first-order chi connectivity index (χ1) is 7.91. The number of carbonyl (C=O) groups is 1. The smallest absolute Gasteiger partial charge is 0.423 e. The highest BCUT2D eigenvalue weighted by molar-refractivity contribution is 6.58. The minimum atomic E-state index is -1.61. The summed E-state index contributed by atoms with van der Waals surface area (Å²) in [6.45, 7) is 4.51. The topological polar surface area (TPSA) is 69.6 Å². The van der Waals surface area contributed by atoms with E-state index in [0.29, 0.717) is 12.5 Å². The van der Waals surface area contributed by atoms with E-state index in [9.17, 15) is 4.79 Å².